The van der Waals surface area contributed by atoms with Crippen LogP contribution in [0.1, 0.15) is 96.0 Å². The molecular formula is C90H43Cl5. The number of halogens is 5. The predicted octanol–water partition coefficient (Wildman–Crippen LogP) is 19.3. The largest absolute Gasteiger partial charge is 0.0843 e. The Balaban J connectivity index is 0.924. The molecule has 5 heteroatoms. The summed E-state index contributed by atoms with van der Waals surface area (Å²) in [6.07, 6.45) is 0. The number of benzene rings is 7. The fourth-order valence-corrected chi connectivity index (χ4v) is 38.9. The molecule has 28 atom stereocenters. The lowest BCUT2D eigenvalue weighted by molar-refractivity contribution is 0.0394. The molecule has 438 valence electrons. The van der Waals surface area contributed by atoms with Crippen LogP contribution in [0.5, 0.6) is 0 Å². The van der Waals surface area contributed by atoms with Crippen molar-refractivity contribution in [2.45, 2.75) is 50.7 Å². The molecule has 37 rings (SSSR count). The fourth-order valence-electron chi connectivity index (χ4n) is 38.3. The molecule has 0 heterocycles. The Labute approximate surface area is 568 Å². The Hall–Kier alpha value is -6.61. The summed E-state index contributed by atoms with van der Waals surface area (Å²) < 4.78 is 0. The van der Waals surface area contributed by atoms with E-state index in [1.54, 1.807) is 27.8 Å². The Bertz CT molecular complexity index is 6400. The van der Waals surface area contributed by atoms with Crippen molar-refractivity contribution >= 4 is 91.1 Å². The molecule has 7 fully saturated rings. The van der Waals surface area contributed by atoms with E-state index in [0.717, 1.165) is 25.1 Å². The minimum absolute atomic E-state index is 0.00876. The summed E-state index contributed by atoms with van der Waals surface area (Å²) >= 11 is 37.5. The van der Waals surface area contributed by atoms with Crippen LogP contribution in [0.4, 0.5) is 0 Å². The Morgan fingerprint density at radius 3 is 1.28 bits per heavy atom. The average Bonchev–Trinajstić information content (AvgIpc) is 1.37. The van der Waals surface area contributed by atoms with Gasteiger partial charge in [-0.1, -0.05) is 130 Å². The van der Waals surface area contributed by atoms with E-state index in [1.165, 1.54) is 16.7 Å². The van der Waals surface area contributed by atoms with Crippen LogP contribution in [0.2, 0.25) is 25.1 Å². The smallest absolute Gasteiger partial charge is 0.0683 e. The van der Waals surface area contributed by atoms with Crippen molar-refractivity contribution < 1.29 is 0 Å². The maximum Gasteiger partial charge on any atom is 0.0683 e. The highest BCUT2D eigenvalue weighted by molar-refractivity contribution is 6.35. The molecule has 0 spiro atoms. The van der Waals surface area contributed by atoms with Crippen LogP contribution in [0.3, 0.4) is 0 Å². The topological polar surface area (TPSA) is 0 Å². The molecule has 0 bridgehead atoms. The van der Waals surface area contributed by atoms with Gasteiger partial charge in [0.2, 0.25) is 0 Å². The lowest BCUT2D eigenvalue weighted by Crippen LogP contribution is -2.60. The van der Waals surface area contributed by atoms with Crippen molar-refractivity contribution in [1.82, 2.24) is 0 Å². The summed E-state index contributed by atoms with van der Waals surface area (Å²) in [5, 5.41) is 7.89. The predicted molar refractivity (Wildman–Crippen MR) is 364 cm³/mol. The Morgan fingerprint density at radius 2 is 0.653 bits per heavy atom. The Morgan fingerprint density at radius 1 is 0.242 bits per heavy atom. The zero-order chi connectivity index (χ0) is 59.2. The second kappa shape index (κ2) is 11.5. The van der Waals surface area contributed by atoms with Gasteiger partial charge in [-0.25, -0.2) is 0 Å². The van der Waals surface area contributed by atoms with Crippen LogP contribution >= 0.6 is 58.0 Å². The SMILES string of the molecule is Clc1ccc(C23C4=C5C6=C7C8=C9C%10C%11C%12=C%13C%14C%15C%16=C%17c%18c%19c%20c%21c%22c%23c%24c(c%16c%18%22)C%14C%11C%24C%11C%14=C%23C%21=C%16C(C6C6C4=C4C2=C2C(C%17C%17C%15C%13(c%13ccc(Cl)cc%13)C%13=C(C(C3=C%13C2%17c2ccc(Cl)cc2)C58c2ccc(Cl)cc2)C9%12c2ccc(Cl)cc2)C%19C4C%20C%166)C%14C7C%10%11)cc1. The third-order valence-electron chi connectivity index (χ3n) is 37.0. The third kappa shape index (κ3) is 2.97. The molecule has 0 N–H and O–H groups in total. The maximum absolute atomic E-state index is 7.51. The van der Waals surface area contributed by atoms with Crippen LogP contribution in [0, 0.1) is 112 Å². The molecule has 0 radical (unpaired) electrons. The number of rotatable bonds is 5. The van der Waals surface area contributed by atoms with E-state index in [2.05, 4.69) is 127 Å². The molecule has 95 heavy (non-hydrogen) atoms. The van der Waals surface area contributed by atoms with Crippen LogP contribution in [-0.4, -0.2) is 0 Å². The first-order chi connectivity index (χ1) is 46.8. The molecule has 28 unspecified atom stereocenters. The summed E-state index contributed by atoms with van der Waals surface area (Å²) in [4.78, 5) is 0. The van der Waals surface area contributed by atoms with E-state index in [9.17, 15) is 0 Å². The van der Waals surface area contributed by atoms with Crippen LogP contribution in [-0.2, 0) is 27.1 Å². The van der Waals surface area contributed by atoms with Gasteiger partial charge in [0.25, 0.3) is 0 Å². The highest BCUT2D eigenvalue weighted by atomic mass is 35.5. The van der Waals surface area contributed by atoms with Crippen molar-refractivity contribution in [3.63, 3.8) is 0 Å². The standard InChI is InChI=1S/C90H43Cl5/c91-26-11-1-21(2-12-26)86-71-61-51-41-36-31-32-34-35-33(31)38-45-43(36)53(51)63-65-55(45)57-47(38)49-40(35)50-48-39(34)46-44-37(32)42(41)52-54(44)64-66-56(46)58(48)68-70-60(50)59(49)69-67(57)77-75(65)87(73(63)71,22-3-13-27(92)14-4-22)82-81(86)83-85-84(82)89(77,24-7-17-29(94)18-8-24)79(69)80(70)90(85,25-9-19-30(95)20-10-25)78(68)76(66)88(83,74(64)72(86)62(52)61)23-5-15-28(93)16-6-23/h1-20,41-46,51-58,63,65,67-70,79-81H. The van der Waals surface area contributed by atoms with Crippen LogP contribution in [0.15, 0.2) is 222 Å². The van der Waals surface area contributed by atoms with E-state index in [0.29, 0.717) is 130 Å². The Kier molecular flexibility index (Phi) is 5.36. The second-order valence-corrected chi connectivity index (χ2v) is 38.5. The molecule has 0 saturated heterocycles. The van der Waals surface area contributed by atoms with E-state index < -0.39 is 27.1 Å². The van der Waals surface area contributed by atoms with Gasteiger partial charge in [0.1, 0.15) is 0 Å². The minimum atomic E-state index is -0.555. The molecular weight excluding hydrogens is 1260 g/mol. The first kappa shape index (κ1) is 44.3. The first-order valence-corrected chi connectivity index (χ1v) is 38.5. The summed E-state index contributed by atoms with van der Waals surface area (Å²) in [6, 6.07) is 50.1. The van der Waals surface area contributed by atoms with Crippen molar-refractivity contribution in [3.8, 4) is 0 Å². The first-order valence-electron chi connectivity index (χ1n) is 36.6. The summed E-state index contributed by atoms with van der Waals surface area (Å²) in [7, 11) is 0. The van der Waals surface area contributed by atoms with Gasteiger partial charge < -0.3 is 0 Å². The highest BCUT2D eigenvalue weighted by Crippen LogP contribution is 3.04. The third-order valence-corrected chi connectivity index (χ3v) is 38.3. The van der Waals surface area contributed by atoms with E-state index in [1.807, 2.05) is 156 Å². The van der Waals surface area contributed by atoms with Gasteiger partial charge in [0.05, 0.1) is 16.2 Å². The molecule has 7 aromatic rings. The lowest BCUT2D eigenvalue weighted by Gasteiger charge is -2.63. The van der Waals surface area contributed by atoms with Crippen LogP contribution in [0.25, 0.3) is 33.1 Å². The summed E-state index contributed by atoms with van der Waals surface area (Å²) in [5.41, 5.74) is 62.0. The molecule has 0 aliphatic heterocycles. The van der Waals surface area contributed by atoms with Crippen molar-refractivity contribution in [1.29, 1.82) is 0 Å². The van der Waals surface area contributed by atoms with Gasteiger partial charge in [0, 0.05) is 41.9 Å². The van der Waals surface area contributed by atoms with Gasteiger partial charge in [-0.05, 0) is 385 Å². The normalized spacial score (nSPS) is 50.2. The van der Waals surface area contributed by atoms with Crippen molar-refractivity contribution in [3.05, 3.63) is 319 Å². The molecule has 30 aliphatic rings. The van der Waals surface area contributed by atoms with Gasteiger partial charge >= 0.3 is 0 Å². The fraction of sp³-hybridized carbons (Fsp3) is 0.311. The van der Waals surface area contributed by atoms with Gasteiger partial charge in [-0.2, -0.15) is 0 Å². The quantitative estimate of drug-likeness (QED) is 0.151. The number of allylic oxidation sites excluding steroid dienone is 22. The van der Waals surface area contributed by atoms with Gasteiger partial charge in [-0.3, -0.25) is 0 Å². The number of hydrogen-bond acceptors (Lipinski definition) is 0. The van der Waals surface area contributed by atoms with Gasteiger partial charge in [0.15, 0.2) is 0 Å². The molecule has 7 aromatic carbocycles. The van der Waals surface area contributed by atoms with E-state index in [4.69, 9.17) is 58.0 Å². The second-order valence-electron chi connectivity index (χ2n) is 36.3. The minimum Gasteiger partial charge on any atom is -0.0843 e. The maximum atomic E-state index is 7.51. The molecule has 30 aliphatic carbocycles. The summed E-state index contributed by atoms with van der Waals surface area (Å²) in [5.74, 6) is 9.97. The van der Waals surface area contributed by atoms with Crippen molar-refractivity contribution in [2.24, 2.45) is 112 Å². The lowest BCUT2D eigenvalue weighted by atomic mass is 9.38. The van der Waals surface area contributed by atoms with Crippen molar-refractivity contribution in [2.75, 3.05) is 0 Å². The molecule has 7 saturated carbocycles. The highest BCUT2D eigenvalue weighted by Gasteiger charge is 2.96. The van der Waals surface area contributed by atoms with Crippen LogP contribution < -0.4 is 0 Å². The zero-order valence-electron chi connectivity index (χ0n) is 50.2. The molecule has 0 nitrogen and oxygen atoms in total. The average molecular weight is 1300 g/mol. The van der Waals surface area contributed by atoms with E-state index >= 15 is 0 Å². The number of hydrogen-bond donors (Lipinski definition) is 0. The molecule has 0 amide bonds. The monoisotopic (exact) mass is 1300 g/mol. The van der Waals surface area contributed by atoms with Gasteiger partial charge in [-0.15, -0.1) is 0 Å². The van der Waals surface area contributed by atoms with E-state index in [-0.39, 0.29) is 5.92 Å². The molecule has 0 aromatic heterocycles. The zero-order valence-corrected chi connectivity index (χ0v) is 54.0. The summed E-state index contributed by atoms with van der Waals surface area (Å²) in [6.45, 7) is 0.